The number of halogens is 2. The maximum Gasteiger partial charge on any atom is 0.219 e. The molecule has 2 aromatic rings. The summed E-state index contributed by atoms with van der Waals surface area (Å²) in [5, 5.41) is 1.33. The number of fused-ring (bicyclic) bond motifs is 1. The first kappa shape index (κ1) is 19.6. The van der Waals surface area contributed by atoms with Crippen LogP contribution in [0, 0.1) is 6.92 Å². The van der Waals surface area contributed by atoms with Crippen molar-refractivity contribution < 1.29 is 9.53 Å². The Morgan fingerprint density at radius 3 is 2.50 bits per heavy atom. The van der Waals surface area contributed by atoms with Crippen LogP contribution in [0.1, 0.15) is 29.7 Å². The number of benzene rings is 2. The summed E-state index contributed by atoms with van der Waals surface area (Å²) < 4.78 is 6.54. The molecule has 1 aliphatic heterocycles. The van der Waals surface area contributed by atoms with Gasteiger partial charge in [0.05, 0.1) is 6.04 Å². The van der Waals surface area contributed by atoms with Gasteiger partial charge in [-0.25, -0.2) is 0 Å². The van der Waals surface area contributed by atoms with E-state index in [0.717, 1.165) is 55.0 Å². The Morgan fingerprint density at radius 2 is 1.82 bits per heavy atom. The fourth-order valence-corrected chi connectivity index (χ4v) is 4.86. The molecule has 6 heteroatoms. The van der Waals surface area contributed by atoms with Crippen LogP contribution < -0.4 is 4.74 Å². The Bertz CT molecular complexity index is 894. The molecule has 0 bridgehead atoms. The first-order chi connectivity index (χ1) is 13.4. The first-order valence-corrected chi connectivity index (χ1v) is 10.4. The number of rotatable bonds is 3. The molecule has 1 fully saturated rings. The summed E-state index contributed by atoms with van der Waals surface area (Å²) in [6, 6.07) is 12.0. The van der Waals surface area contributed by atoms with Gasteiger partial charge in [0, 0.05) is 48.7 Å². The number of nitrogens with zero attached hydrogens (tertiary/aromatic N) is 2. The maximum absolute atomic E-state index is 11.7. The molecule has 4 nitrogen and oxygen atoms in total. The van der Waals surface area contributed by atoms with Crippen molar-refractivity contribution >= 4 is 29.1 Å². The summed E-state index contributed by atoms with van der Waals surface area (Å²) in [7, 11) is 0. The topological polar surface area (TPSA) is 32.8 Å². The predicted molar refractivity (Wildman–Crippen MR) is 112 cm³/mol. The molecule has 1 aliphatic carbocycles. The molecular formula is C22H24Cl2N2O2. The van der Waals surface area contributed by atoms with Crippen LogP contribution in [0.15, 0.2) is 36.4 Å². The molecule has 1 amide bonds. The van der Waals surface area contributed by atoms with E-state index in [-0.39, 0.29) is 18.1 Å². The summed E-state index contributed by atoms with van der Waals surface area (Å²) >= 11 is 12.8. The predicted octanol–water partition coefficient (Wildman–Crippen LogP) is 4.51. The van der Waals surface area contributed by atoms with Crippen LogP contribution >= 0.6 is 23.2 Å². The second-order valence-electron chi connectivity index (χ2n) is 7.57. The molecule has 1 heterocycles. The van der Waals surface area contributed by atoms with E-state index in [1.807, 2.05) is 35.2 Å². The zero-order valence-corrected chi connectivity index (χ0v) is 17.6. The minimum Gasteiger partial charge on any atom is -0.484 e. The van der Waals surface area contributed by atoms with E-state index in [0.29, 0.717) is 10.0 Å². The van der Waals surface area contributed by atoms with Gasteiger partial charge in [0.1, 0.15) is 11.9 Å². The Morgan fingerprint density at radius 1 is 1.11 bits per heavy atom. The van der Waals surface area contributed by atoms with Gasteiger partial charge in [-0.05, 0) is 42.7 Å². The van der Waals surface area contributed by atoms with Crippen molar-refractivity contribution in [2.24, 2.45) is 0 Å². The van der Waals surface area contributed by atoms with Crippen LogP contribution in [0.25, 0.3) is 0 Å². The lowest BCUT2D eigenvalue weighted by Crippen LogP contribution is -2.53. The van der Waals surface area contributed by atoms with Crippen molar-refractivity contribution in [2.75, 3.05) is 26.2 Å². The van der Waals surface area contributed by atoms with E-state index in [4.69, 9.17) is 27.9 Å². The molecule has 0 unspecified atom stereocenters. The van der Waals surface area contributed by atoms with Gasteiger partial charge < -0.3 is 9.64 Å². The highest BCUT2D eigenvalue weighted by atomic mass is 35.5. The number of carbonyl (C=O) groups excluding carboxylic acids is 1. The van der Waals surface area contributed by atoms with Gasteiger partial charge in [-0.2, -0.15) is 0 Å². The molecule has 2 atom stereocenters. The van der Waals surface area contributed by atoms with E-state index in [2.05, 4.69) is 17.9 Å². The fraction of sp³-hybridized carbons (Fsp3) is 0.409. The molecule has 2 aromatic carbocycles. The zero-order valence-electron chi connectivity index (χ0n) is 16.1. The van der Waals surface area contributed by atoms with Crippen molar-refractivity contribution in [1.29, 1.82) is 0 Å². The van der Waals surface area contributed by atoms with Crippen molar-refractivity contribution in [1.82, 2.24) is 9.80 Å². The van der Waals surface area contributed by atoms with E-state index in [1.165, 1.54) is 0 Å². The van der Waals surface area contributed by atoms with Crippen molar-refractivity contribution in [3.8, 4) is 5.75 Å². The lowest BCUT2D eigenvalue weighted by Gasteiger charge is -2.39. The second-order valence-corrected chi connectivity index (χ2v) is 8.42. The van der Waals surface area contributed by atoms with Gasteiger partial charge in [0.25, 0.3) is 0 Å². The lowest BCUT2D eigenvalue weighted by atomic mass is 10.1. The van der Waals surface area contributed by atoms with E-state index < -0.39 is 0 Å². The quantitative estimate of drug-likeness (QED) is 0.734. The van der Waals surface area contributed by atoms with Crippen LogP contribution in [0.2, 0.25) is 10.0 Å². The van der Waals surface area contributed by atoms with Gasteiger partial charge in [0.15, 0.2) is 0 Å². The number of ether oxygens (including phenoxy) is 1. The molecule has 0 radical (unpaired) electrons. The number of amides is 1. The monoisotopic (exact) mass is 418 g/mol. The van der Waals surface area contributed by atoms with Crippen LogP contribution in [0.3, 0.4) is 0 Å². The highest BCUT2D eigenvalue weighted by Crippen LogP contribution is 2.43. The van der Waals surface area contributed by atoms with Gasteiger partial charge in [-0.15, -0.1) is 0 Å². The SMILES string of the molecule is CC(=O)N1CCN([C@H]2Cc3c(Cl)cc(Cl)cc3[C@@H]2Oc2ccccc2C)CC1. The third-order valence-corrected chi connectivity index (χ3v) is 6.40. The summed E-state index contributed by atoms with van der Waals surface area (Å²) in [6.07, 6.45) is 0.679. The number of aryl methyl sites for hydroxylation is 1. The third-order valence-electron chi connectivity index (χ3n) is 5.84. The number of hydrogen-bond acceptors (Lipinski definition) is 3. The molecule has 148 valence electrons. The maximum atomic E-state index is 11.7. The normalized spacial score (nSPS) is 22.2. The number of carbonyl (C=O) groups is 1. The van der Waals surface area contributed by atoms with E-state index in [1.54, 1.807) is 6.92 Å². The van der Waals surface area contributed by atoms with Crippen molar-refractivity contribution in [2.45, 2.75) is 32.4 Å². The minimum atomic E-state index is -0.142. The Hall–Kier alpha value is -1.75. The summed E-state index contributed by atoms with van der Waals surface area (Å²) in [5.74, 6) is 1.01. The smallest absolute Gasteiger partial charge is 0.219 e. The zero-order chi connectivity index (χ0) is 19.8. The van der Waals surface area contributed by atoms with Crippen LogP contribution in [-0.2, 0) is 11.2 Å². The molecular weight excluding hydrogens is 395 g/mol. The molecule has 0 saturated carbocycles. The standard InChI is InChI=1S/C22H24Cl2N2O2/c1-14-5-3-4-6-21(14)28-22-18-11-16(23)12-19(24)17(18)13-20(22)26-9-7-25(8-10-26)15(2)27/h3-6,11-12,20,22H,7-10,13H2,1-2H3/t20-,22-/m0/s1. The highest BCUT2D eigenvalue weighted by molar-refractivity contribution is 6.35. The lowest BCUT2D eigenvalue weighted by molar-refractivity contribution is -0.131. The molecule has 28 heavy (non-hydrogen) atoms. The highest BCUT2D eigenvalue weighted by Gasteiger charge is 2.40. The van der Waals surface area contributed by atoms with Crippen molar-refractivity contribution in [3.63, 3.8) is 0 Å². The van der Waals surface area contributed by atoms with Crippen molar-refractivity contribution in [3.05, 3.63) is 63.1 Å². The molecule has 2 aliphatic rings. The molecule has 0 N–H and O–H groups in total. The molecule has 4 rings (SSSR count). The summed E-state index contributed by atoms with van der Waals surface area (Å²) in [4.78, 5) is 16.0. The third kappa shape index (κ3) is 3.73. The minimum absolute atomic E-state index is 0.136. The molecule has 0 aromatic heterocycles. The van der Waals surface area contributed by atoms with E-state index >= 15 is 0 Å². The average Bonchev–Trinajstić information content (AvgIpc) is 3.02. The van der Waals surface area contributed by atoms with Crippen LogP contribution in [-0.4, -0.2) is 47.9 Å². The first-order valence-electron chi connectivity index (χ1n) is 9.63. The summed E-state index contributed by atoms with van der Waals surface area (Å²) in [5.41, 5.74) is 3.28. The van der Waals surface area contributed by atoms with E-state index in [9.17, 15) is 4.79 Å². The number of para-hydroxylation sites is 1. The largest absolute Gasteiger partial charge is 0.484 e. The second kappa shape index (κ2) is 7.94. The van der Waals surface area contributed by atoms with Gasteiger partial charge in [-0.3, -0.25) is 9.69 Å². The number of piperazine rings is 1. The molecule has 0 spiro atoms. The van der Waals surface area contributed by atoms with Gasteiger partial charge in [-0.1, -0.05) is 41.4 Å². The Labute approximate surface area is 176 Å². The Kier molecular flexibility index (Phi) is 5.55. The van der Waals surface area contributed by atoms with Gasteiger partial charge >= 0.3 is 0 Å². The Balaban J connectivity index is 1.64. The number of hydrogen-bond donors (Lipinski definition) is 0. The van der Waals surface area contributed by atoms with Crippen LogP contribution in [0.5, 0.6) is 5.75 Å². The summed E-state index contributed by atoms with van der Waals surface area (Å²) in [6.45, 7) is 6.83. The average molecular weight is 419 g/mol. The van der Waals surface area contributed by atoms with Gasteiger partial charge in [0.2, 0.25) is 5.91 Å². The fourth-order valence-electron chi connectivity index (χ4n) is 4.27. The molecule has 1 saturated heterocycles. The van der Waals surface area contributed by atoms with Crippen LogP contribution in [0.4, 0.5) is 0 Å².